The average molecular weight is 179 g/mol. The Balaban J connectivity index is 2.34. The molecule has 1 aliphatic carbocycles. The van der Waals surface area contributed by atoms with Crippen molar-refractivity contribution in [3.63, 3.8) is 0 Å². The maximum Gasteiger partial charge on any atom is 0.227 e. The maximum atomic E-state index is 11.5. The van der Waals surface area contributed by atoms with E-state index in [1.807, 2.05) is 0 Å². The predicted molar refractivity (Wildman–Crippen MR) is 52.1 cm³/mol. The van der Waals surface area contributed by atoms with Gasteiger partial charge in [0.1, 0.15) is 0 Å². The molecule has 13 heavy (non-hydrogen) atoms. The molecule has 1 fully saturated rings. The van der Waals surface area contributed by atoms with Crippen LogP contribution in [0.5, 0.6) is 0 Å². The third-order valence-corrected chi connectivity index (χ3v) is 3.74. The van der Waals surface area contributed by atoms with Gasteiger partial charge in [-0.3, -0.25) is 4.79 Å². The molecule has 2 heteroatoms. The van der Waals surface area contributed by atoms with Crippen LogP contribution in [0.25, 0.3) is 0 Å². The number of allylic oxidation sites excluding steroid dienone is 1. The van der Waals surface area contributed by atoms with Gasteiger partial charge >= 0.3 is 0 Å². The van der Waals surface area contributed by atoms with E-state index in [4.69, 9.17) is 0 Å². The zero-order valence-electron chi connectivity index (χ0n) is 8.50. The van der Waals surface area contributed by atoms with Crippen LogP contribution in [-0.2, 0) is 4.79 Å². The first-order valence-electron chi connectivity index (χ1n) is 5.07. The summed E-state index contributed by atoms with van der Waals surface area (Å²) in [5, 5.41) is 2.96. The molecular formula is C11H17NO. The van der Waals surface area contributed by atoms with E-state index in [9.17, 15) is 4.79 Å². The lowest BCUT2D eigenvalue weighted by molar-refractivity contribution is -0.122. The molecule has 1 heterocycles. The van der Waals surface area contributed by atoms with Crippen molar-refractivity contribution in [1.82, 2.24) is 5.32 Å². The molecule has 0 aromatic heterocycles. The second-order valence-corrected chi connectivity index (χ2v) is 4.52. The maximum absolute atomic E-state index is 11.5. The van der Waals surface area contributed by atoms with Gasteiger partial charge in [0.05, 0.1) is 5.92 Å². The van der Waals surface area contributed by atoms with Crippen LogP contribution in [0.1, 0.15) is 20.8 Å². The highest BCUT2D eigenvalue weighted by Crippen LogP contribution is 2.40. The molecule has 72 valence electrons. The van der Waals surface area contributed by atoms with Gasteiger partial charge in [-0.15, -0.1) is 0 Å². The molecule has 0 aromatic rings. The molecule has 1 saturated heterocycles. The summed E-state index contributed by atoms with van der Waals surface area (Å²) in [4.78, 5) is 11.5. The molecule has 2 nitrogen and oxygen atoms in total. The minimum atomic E-state index is 0.172. The van der Waals surface area contributed by atoms with E-state index in [2.05, 4.69) is 32.2 Å². The molecule has 0 saturated carbocycles. The largest absolute Gasteiger partial charge is 0.355 e. The summed E-state index contributed by atoms with van der Waals surface area (Å²) in [7, 11) is 0. The van der Waals surface area contributed by atoms with E-state index >= 15 is 0 Å². The fraction of sp³-hybridized carbons (Fsp3) is 0.727. The highest BCUT2D eigenvalue weighted by atomic mass is 16.2. The Bertz CT molecular complexity index is 269. The first-order chi connectivity index (χ1) is 6.11. The number of carbonyl (C=O) groups is 1. The van der Waals surface area contributed by atoms with Gasteiger partial charge in [-0.2, -0.15) is 0 Å². The Morgan fingerprint density at radius 2 is 2.15 bits per heavy atom. The molecule has 2 aliphatic rings. The van der Waals surface area contributed by atoms with E-state index in [1.54, 1.807) is 0 Å². The first-order valence-corrected chi connectivity index (χ1v) is 5.07. The zero-order valence-corrected chi connectivity index (χ0v) is 8.50. The predicted octanol–water partition coefficient (Wildman–Crippen LogP) is 1.58. The lowest BCUT2D eigenvalue weighted by atomic mass is 9.70. The van der Waals surface area contributed by atoms with Gasteiger partial charge in [-0.05, 0) is 24.7 Å². The van der Waals surface area contributed by atoms with E-state index in [0.29, 0.717) is 17.8 Å². The first kappa shape index (κ1) is 8.79. The number of rotatable bonds is 0. The molecule has 0 radical (unpaired) electrons. The van der Waals surface area contributed by atoms with Gasteiger partial charge in [-0.1, -0.05) is 25.5 Å². The van der Waals surface area contributed by atoms with E-state index < -0.39 is 0 Å². The monoisotopic (exact) mass is 179 g/mol. The van der Waals surface area contributed by atoms with Gasteiger partial charge in [0.25, 0.3) is 0 Å². The van der Waals surface area contributed by atoms with E-state index in [1.165, 1.54) is 5.57 Å². The minimum Gasteiger partial charge on any atom is -0.355 e. The molecule has 0 unspecified atom stereocenters. The number of hydrogen-bond acceptors (Lipinski definition) is 1. The van der Waals surface area contributed by atoms with Crippen LogP contribution >= 0.6 is 0 Å². The third kappa shape index (κ3) is 1.19. The second-order valence-electron chi connectivity index (χ2n) is 4.52. The Morgan fingerprint density at radius 3 is 2.85 bits per heavy atom. The lowest BCUT2D eigenvalue weighted by Crippen LogP contribution is -2.31. The number of fused-ring (bicyclic) bond motifs is 1. The van der Waals surface area contributed by atoms with Crippen molar-refractivity contribution in [2.45, 2.75) is 20.8 Å². The van der Waals surface area contributed by atoms with Crippen molar-refractivity contribution in [3.05, 3.63) is 11.6 Å². The average Bonchev–Trinajstić information content (AvgIpc) is 2.44. The number of hydrogen-bond donors (Lipinski definition) is 1. The van der Waals surface area contributed by atoms with Crippen molar-refractivity contribution < 1.29 is 4.79 Å². The van der Waals surface area contributed by atoms with Gasteiger partial charge in [0.2, 0.25) is 5.91 Å². The molecule has 0 bridgehead atoms. The van der Waals surface area contributed by atoms with E-state index in [-0.39, 0.29) is 11.8 Å². The van der Waals surface area contributed by atoms with Crippen molar-refractivity contribution in [2.75, 3.05) is 6.54 Å². The summed E-state index contributed by atoms with van der Waals surface area (Å²) in [6, 6.07) is 0. The molecule has 1 aliphatic heterocycles. The molecule has 1 N–H and O–H groups in total. The molecule has 0 spiro atoms. The summed E-state index contributed by atoms with van der Waals surface area (Å²) < 4.78 is 0. The normalized spacial score (nSPS) is 43.9. The standard InChI is InChI=1S/C11H17NO/c1-6-4-7(2)10-9(8(6)3)5-12-11(10)13/h4,6,8-10H,5H2,1-3H3,(H,12,13)/t6-,8-,9-,10+/m0/s1. The summed E-state index contributed by atoms with van der Waals surface area (Å²) in [6.07, 6.45) is 2.26. The van der Waals surface area contributed by atoms with Crippen LogP contribution in [0.2, 0.25) is 0 Å². The van der Waals surface area contributed by atoms with Crippen LogP contribution in [0.3, 0.4) is 0 Å². The van der Waals surface area contributed by atoms with Gasteiger partial charge in [0.15, 0.2) is 0 Å². The topological polar surface area (TPSA) is 29.1 Å². The van der Waals surface area contributed by atoms with Crippen molar-refractivity contribution in [2.24, 2.45) is 23.7 Å². The Morgan fingerprint density at radius 1 is 1.46 bits per heavy atom. The quantitative estimate of drug-likeness (QED) is 0.562. The molecule has 2 rings (SSSR count). The van der Waals surface area contributed by atoms with Crippen molar-refractivity contribution in [3.8, 4) is 0 Å². The van der Waals surface area contributed by atoms with Crippen LogP contribution in [-0.4, -0.2) is 12.5 Å². The summed E-state index contributed by atoms with van der Waals surface area (Å²) in [5.74, 6) is 2.19. The van der Waals surface area contributed by atoms with Crippen LogP contribution in [0.15, 0.2) is 11.6 Å². The Kier molecular flexibility index (Phi) is 1.94. The number of amides is 1. The van der Waals surface area contributed by atoms with Gasteiger partial charge in [-0.25, -0.2) is 0 Å². The minimum absolute atomic E-state index is 0.172. The van der Waals surface area contributed by atoms with Gasteiger partial charge in [0, 0.05) is 6.54 Å². The molecule has 1 amide bonds. The Labute approximate surface area is 79.4 Å². The second kappa shape index (κ2) is 2.86. The van der Waals surface area contributed by atoms with Crippen molar-refractivity contribution >= 4 is 5.91 Å². The number of carbonyl (C=O) groups excluding carboxylic acids is 1. The van der Waals surface area contributed by atoms with Crippen LogP contribution in [0.4, 0.5) is 0 Å². The molecule has 0 aromatic carbocycles. The van der Waals surface area contributed by atoms with Crippen molar-refractivity contribution in [1.29, 1.82) is 0 Å². The summed E-state index contributed by atoms with van der Waals surface area (Å²) in [6.45, 7) is 7.46. The Hall–Kier alpha value is -0.790. The fourth-order valence-electron chi connectivity index (χ4n) is 2.73. The summed E-state index contributed by atoms with van der Waals surface area (Å²) in [5.41, 5.74) is 1.27. The lowest BCUT2D eigenvalue weighted by Gasteiger charge is -2.32. The highest BCUT2D eigenvalue weighted by Gasteiger charge is 2.42. The zero-order chi connectivity index (χ0) is 9.59. The van der Waals surface area contributed by atoms with Crippen LogP contribution < -0.4 is 5.32 Å². The molecule has 4 atom stereocenters. The fourth-order valence-corrected chi connectivity index (χ4v) is 2.73. The van der Waals surface area contributed by atoms with E-state index in [0.717, 1.165) is 6.54 Å². The van der Waals surface area contributed by atoms with Crippen LogP contribution in [0, 0.1) is 23.7 Å². The van der Waals surface area contributed by atoms with Gasteiger partial charge < -0.3 is 5.32 Å². The molecular weight excluding hydrogens is 162 g/mol. The highest BCUT2D eigenvalue weighted by molar-refractivity contribution is 5.84. The number of nitrogens with one attached hydrogen (secondary N) is 1. The SMILES string of the molecule is CC1=C[C@H](C)[C@H](C)[C@@H]2CNC(=O)[C@H]12. The third-order valence-electron chi connectivity index (χ3n) is 3.74. The summed E-state index contributed by atoms with van der Waals surface area (Å²) >= 11 is 0. The smallest absolute Gasteiger partial charge is 0.227 e.